The van der Waals surface area contributed by atoms with Gasteiger partial charge in [0.05, 0.1) is 36.8 Å². The van der Waals surface area contributed by atoms with Gasteiger partial charge in [0.25, 0.3) is 0 Å². The largest absolute Gasteiger partial charge is 0.469 e. The van der Waals surface area contributed by atoms with Crippen LogP contribution in [0.3, 0.4) is 0 Å². The van der Waals surface area contributed by atoms with E-state index in [0.29, 0.717) is 18.7 Å². The minimum absolute atomic E-state index is 0.0561. The highest BCUT2D eigenvalue weighted by atomic mass is 16.5. The lowest BCUT2D eigenvalue weighted by atomic mass is 9.88. The Morgan fingerprint density at radius 1 is 1.42 bits per heavy atom. The van der Waals surface area contributed by atoms with Crippen LogP contribution in [-0.4, -0.2) is 39.2 Å². The van der Waals surface area contributed by atoms with E-state index in [9.17, 15) is 5.11 Å². The molecular formula is C18H27N3O3. The fourth-order valence-electron chi connectivity index (χ4n) is 3.07. The number of furan rings is 1. The Kier molecular flexibility index (Phi) is 4.69. The van der Waals surface area contributed by atoms with Crippen LogP contribution < -0.4 is 5.32 Å². The minimum Gasteiger partial charge on any atom is -0.469 e. The molecule has 2 aromatic heterocycles. The lowest BCUT2D eigenvalue weighted by Crippen LogP contribution is -2.44. The van der Waals surface area contributed by atoms with Crippen LogP contribution in [0.2, 0.25) is 0 Å². The highest BCUT2D eigenvalue weighted by molar-refractivity contribution is 5.64. The van der Waals surface area contributed by atoms with Crippen LogP contribution in [0.15, 0.2) is 22.8 Å². The molecule has 6 heteroatoms. The van der Waals surface area contributed by atoms with E-state index in [1.54, 1.807) is 6.26 Å². The number of hydrogen-bond donors (Lipinski definition) is 2. The van der Waals surface area contributed by atoms with Gasteiger partial charge in [-0.1, -0.05) is 0 Å². The molecule has 2 aromatic rings. The zero-order valence-electron chi connectivity index (χ0n) is 14.9. The second kappa shape index (κ2) is 6.61. The van der Waals surface area contributed by atoms with E-state index < -0.39 is 0 Å². The van der Waals surface area contributed by atoms with E-state index in [1.807, 2.05) is 23.7 Å². The van der Waals surface area contributed by atoms with Crippen molar-refractivity contribution in [1.82, 2.24) is 9.78 Å². The number of hydrogen-bond acceptors (Lipinski definition) is 5. The maximum atomic E-state index is 9.29. The normalized spacial score (nSPS) is 20.9. The molecule has 24 heavy (non-hydrogen) atoms. The van der Waals surface area contributed by atoms with Crippen molar-refractivity contribution in [2.45, 2.75) is 64.8 Å². The van der Waals surface area contributed by atoms with Gasteiger partial charge in [-0.3, -0.25) is 0 Å². The van der Waals surface area contributed by atoms with Gasteiger partial charge >= 0.3 is 0 Å². The molecule has 1 aliphatic rings. The van der Waals surface area contributed by atoms with E-state index in [0.717, 1.165) is 35.7 Å². The molecule has 1 aliphatic carbocycles. The number of nitrogens with zero attached hydrogens (tertiary/aromatic N) is 2. The van der Waals surface area contributed by atoms with Gasteiger partial charge in [0.15, 0.2) is 0 Å². The highest BCUT2D eigenvalue weighted by Crippen LogP contribution is 2.32. The van der Waals surface area contributed by atoms with E-state index >= 15 is 0 Å². The summed E-state index contributed by atoms with van der Waals surface area (Å²) in [4.78, 5) is 0. The van der Waals surface area contributed by atoms with Gasteiger partial charge in [-0.2, -0.15) is 5.10 Å². The van der Waals surface area contributed by atoms with Crippen LogP contribution in [0.4, 0.5) is 5.82 Å². The third kappa shape index (κ3) is 3.82. The molecule has 0 saturated heterocycles. The van der Waals surface area contributed by atoms with Crippen molar-refractivity contribution in [2.24, 2.45) is 0 Å². The smallest absolute Gasteiger partial charge is 0.125 e. The third-order valence-corrected chi connectivity index (χ3v) is 4.19. The molecule has 0 unspecified atom stereocenters. The Labute approximate surface area is 142 Å². The van der Waals surface area contributed by atoms with Crippen molar-refractivity contribution < 1.29 is 14.3 Å². The molecule has 2 N–H and O–H groups in total. The van der Waals surface area contributed by atoms with Gasteiger partial charge in [0.1, 0.15) is 11.6 Å². The quantitative estimate of drug-likeness (QED) is 0.849. The van der Waals surface area contributed by atoms with Gasteiger partial charge in [0, 0.05) is 17.7 Å². The Hall–Kier alpha value is -1.79. The van der Waals surface area contributed by atoms with E-state index in [2.05, 4.69) is 31.2 Å². The number of aliphatic hydroxyl groups excluding tert-OH is 1. The highest BCUT2D eigenvalue weighted by Gasteiger charge is 2.33. The number of aliphatic hydroxyl groups is 1. The molecule has 0 atom stereocenters. The van der Waals surface area contributed by atoms with Crippen molar-refractivity contribution in [2.75, 3.05) is 11.9 Å². The van der Waals surface area contributed by atoms with Gasteiger partial charge in [0.2, 0.25) is 0 Å². The fraction of sp³-hybridized carbons (Fsp3) is 0.611. The Bertz CT molecular complexity index is 678. The average Bonchev–Trinajstić information content (AvgIpc) is 3.02. The minimum atomic E-state index is -0.0969. The second-order valence-corrected chi connectivity index (χ2v) is 7.42. The monoisotopic (exact) mass is 333 g/mol. The van der Waals surface area contributed by atoms with Gasteiger partial charge in [-0.25, -0.2) is 4.68 Å². The summed E-state index contributed by atoms with van der Waals surface area (Å²) in [5.41, 5.74) is 1.75. The molecular weight excluding hydrogens is 306 g/mol. The van der Waals surface area contributed by atoms with Gasteiger partial charge in [-0.15, -0.1) is 0 Å². The Morgan fingerprint density at radius 3 is 2.75 bits per heavy atom. The predicted octanol–water partition coefficient (Wildman–Crippen LogP) is 3.20. The summed E-state index contributed by atoms with van der Waals surface area (Å²) in [6.07, 6.45) is 3.96. The molecule has 0 aromatic carbocycles. The van der Waals surface area contributed by atoms with Crippen LogP contribution in [0, 0.1) is 6.92 Å². The summed E-state index contributed by atoms with van der Waals surface area (Å²) in [5, 5.41) is 17.4. The number of rotatable bonds is 6. The van der Waals surface area contributed by atoms with E-state index in [-0.39, 0.29) is 12.2 Å². The Balaban J connectivity index is 1.67. The van der Waals surface area contributed by atoms with Crippen molar-refractivity contribution in [3.05, 3.63) is 24.2 Å². The summed E-state index contributed by atoms with van der Waals surface area (Å²) < 4.78 is 13.2. The number of aromatic nitrogens is 2. The van der Waals surface area contributed by atoms with Crippen LogP contribution >= 0.6 is 0 Å². The maximum Gasteiger partial charge on any atom is 0.125 e. The summed E-state index contributed by atoms with van der Waals surface area (Å²) in [6, 6.07) is 4.32. The van der Waals surface area contributed by atoms with Crippen molar-refractivity contribution >= 4 is 5.82 Å². The molecule has 132 valence electrons. The summed E-state index contributed by atoms with van der Waals surface area (Å²) in [7, 11) is 0. The number of anilines is 1. The van der Waals surface area contributed by atoms with Crippen LogP contribution in [-0.2, 0) is 11.3 Å². The van der Waals surface area contributed by atoms with Gasteiger partial charge in [-0.05, 0) is 46.6 Å². The van der Waals surface area contributed by atoms with Crippen molar-refractivity contribution in [3.63, 3.8) is 0 Å². The summed E-state index contributed by atoms with van der Waals surface area (Å²) in [6.45, 7) is 8.71. The second-order valence-electron chi connectivity index (χ2n) is 7.42. The molecule has 3 rings (SSSR count). The molecule has 0 spiro atoms. The summed E-state index contributed by atoms with van der Waals surface area (Å²) in [5.74, 6) is 1.77. The molecule has 0 amide bonds. The molecule has 1 saturated carbocycles. The first-order valence-electron chi connectivity index (χ1n) is 8.53. The van der Waals surface area contributed by atoms with E-state index in [1.165, 1.54) is 0 Å². The maximum absolute atomic E-state index is 9.29. The van der Waals surface area contributed by atoms with Crippen LogP contribution in [0.25, 0.3) is 11.3 Å². The standard InChI is InChI=1S/C18H27N3O3/c1-12-15(5-8-23-12)16-11-17(21(20-16)6-7-22)19-13-9-14(10-13)24-18(2,3)4/h5,8,11,13-14,19,22H,6-7,9-10H2,1-4H3. The molecule has 0 radical (unpaired) electrons. The molecule has 2 heterocycles. The fourth-order valence-corrected chi connectivity index (χ4v) is 3.07. The molecule has 1 fully saturated rings. The lowest BCUT2D eigenvalue weighted by Gasteiger charge is -2.39. The number of nitrogens with one attached hydrogen (secondary N) is 1. The first-order valence-corrected chi connectivity index (χ1v) is 8.53. The average molecular weight is 333 g/mol. The van der Waals surface area contributed by atoms with Crippen LogP contribution in [0.5, 0.6) is 0 Å². The lowest BCUT2D eigenvalue weighted by molar-refractivity contribution is -0.0954. The number of aryl methyl sites for hydroxylation is 1. The first kappa shape index (κ1) is 17.0. The topological polar surface area (TPSA) is 72.5 Å². The third-order valence-electron chi connectivity index (χ3n) is 4.19. The predicted molar refractivity (Wildman–Crippen MR) is 93.0 cm³/mol. The molecule has 0 bridgehead atoms. The molecule has 0 aliphatic heterocycles. The first-order chi connectivity index (χ1) is 11.4. The SMILES string of the molecule is Cc1occc1-c1cc(NC2CC(OC(C)(C)C)C2)n(CCO)n1. The summed E-state index contributed by atoms with van der Waals surface area (Å²) >= 11 is 0. The zero-order chi connectivity index (χ0) is 17.3. The zero-order valence-corrected chi connectivity index (χ0v) is 14.9. The number of ether oxygens (including phenoxy) is 1. The van der Waals surface area contributed by atoms with E-state index in [4.69, 9.17) is 9.15 Å². The van der Waals surface area contributed by atoms with Gasteiger partial charge < -0.3 is 19.6 Å². The Morgan fingerprint density at radius 2 is 2.17 bits per heavy atom. The van der Waals surface area contributed by atoms with Crippen LogP contribution in [0.1, 0.15) is 39.4 Å². The van der Waals surface area contributed by atoms with Crippen molar-refractivity contribution in [3.8, 4) is 11.3 Å². The van der Waals surface area contributed by atoms with Crippen molar-refractivity contribution in [1.29, 1.82) is 0 Å². The molecule has 6 nitrogen and oxygen atoms in total.